The molecule has 0 aliphatic carbocycles. The number of amides is 1. The van der Waals surface area contributed by atoms with Gasteiger partial charge in [0.2, 0.25) is 5.91 Å². The number of aliphatic hydroxyl groups is 2. The van der Waals surface area contributed by atoms with Gasteiger partial charge in [0.05, 0.1) is 25.4 Å². The van der Waals surface area contributed by atoms with Crippen LogP contribution in [-0.2, 0) is 14.3 Å². The first-order chi connectivity index (χ1) is 38.0. The second-order valence-corrected chi connectivity index (χ2v) is 24.6. The van der Waals surface area contributed by atoms with Crippen LogP contribution in [0.2, 0.25) is 0 Å². The van der Waals surface area contributed by atoms with E-state index in [0.717, 1.165) is 38.5 Å². The molecule has 0 aromatic rings. The third kappa shape index (κ3) is 63.6. The van der Waals surface area contributed by atoms with Crippen LogP contribution in [0.4, 0.5) is 0 Å². The summed E-state index contributed by atoms with van der Waals surface area (Å²) in [5, 5.41) is 23.1. The molecule has 458 valence electrons. The summed E-state index contributed by atoms with van der Waals surface area (Å²) in [6.45, 7) is 4.97. The van der Waals surface area contributed by atoms with E-state index >= 15 is 0 Å². The topological polar surface area (TPSA) is 95.9 Å². The lowest BCUT2D eigenvalue weighted by Crippen LogP contribution is -2.45. The van der Waals surface area contributed by atoms with Crippen molar-refractivity contribution in [3.05, 3.63) is 12.2 Å². The van der Waals surface area contributed by atoms with Gasteiger partial charge in [0.15, 0.2) is 0 Å². The van der Waals surface area contributed by atoms with Crippen LogP contribution in [0.1, 0.15) is 406 Å². The maximum atomic E-state index is 12.4. The van der Waals surface area contributed by atoms with Crippen LogP contribution < -0.4 is 5.32 Å². The number of hydrogen-bond donors (Lipinski definition) is 3. The highest BCUT2D eigenvalue weighted by atomic mass is 16.5. The largest absolute Gasteiger partial charge is 0.466 e. The van der Waals surface area contributed by atoms with Crippen LogP contribution in [0.25, 0.3) is 0 Å². The summed E-state index contributed by atoms with van der Waals surface area (Å²) in [4.78, 5) is 24.5. The summed E-state index contributed by atoms with van der Waals surface area (Å²) in [7, 11) is 0. The van der Waals surface area contributed by atoms with Gasteiger partial charge in [-0.05, 0) is 51.4 Å². The van der Waals surface area contributed by atoms with Crippen molar-refractivity contribution in [2.75, 3.05) is 13.2 Å². The van der Waals surface area contributed by atoms with Crippen molar-refractivity contribution >= 4 is 11.9 Å². The normalized spacial score (nSPS) is 12.5. The molecule has 6 nitrogen and oxygen atoms in total. The number of rotatable bonds is 67. The highest BCUT2D eigenvalue weighted by Gasteiger charge is 2.20. The van der Waals surface area contributed by atoms with E-state index in [2.05, 4.69) is 31.3 Å². The lowest BCUT2D eigenvalue weighted by Gasteiger charge is -2.22. The van der Waals surface area contributed by atoms with E-state index in [1.165, 1.54) is 334 Å². The molecule has 2 atom stereocenters. The maximum absolute atomic E-state index is 12.4. The van der Waals surface area contributed by atoms with Gasteiger partial charge in [0, 0.05) is 12.8 Å². The van der Waals surface area contributed by atoms with Gasteiger partial charge in [-0.1, -0.05) is 353 Å². The van der Waals surface area contributed by atoms with Crippen LogP contribution in [0, 0.1) is 0 Å². The number of esters is 1. The van der Waals surface area contributed by atoms with E-state index in [1.54, 1.807) is 0 Å². The fraction of sp³-hybridized carbons (Fsp3) is 0.944. The molecule has 77 heavy (non-hydrogen) atoms. The van der Waals surface area contributed by atoms with E-state index in [1.807, 2.05) is 0 Å². The fourth-order valence-electron chi connectivity index (χ4n) is 11.4. The van der Waals surface area contributed by atoms with Gasteiger partial charge in [-0.2, -0.15) is 0 Å². The molecule has 2 unspecified atom stereocenters. The summed E-state index contributed by atoms with van der Waals surface area (Å²) in [5.74, 6) is -0.00832. The van der Waals surface area contributed by atoms with E-state index < -0.39 is 12.1 Å². The van der Waals surface area contributed by atoms with Crippen molar-refractivity contribution in [3.63, 3.8) is 0 Å². The second kappa shape index (κ2) is 67.1. The van der Waals surface area contributed by atoms with E-state index in [9.17, 15) is 19.8 Å². The molecule has 3 N–H and O–H groups in total. The number of ether oxygens (including phenoxy) is 1. The minimum atomic E-state index is -0.659. The molecule has 0 spiro atoms. The maximum Gasteiger partial charge on any atom is 0.305 e. The Labute approximate surface area is 482 Å². The third-order valence-electron chi connectivity index (χ3n) is 16.8. The Morgan fingerprint density at radius 3 is 0.922 bits per heavy atom. The summed E-state index contributed by atoms with van der Waals surface area (Å²) in [5.41, 5.74) is 0. The van der Waals surface area contributed by atoms with Gasteiger partial charge in [0.25, 0.3) is 0 Å². The molecule has 0 aromatic heterocycles. The zero-order valence-electron chi connectivity index (χ0n) is 52.5. The first kappa shape index (κ1) is 75.6. The van der Waals surface area contributed by atoms with E-state index in [0.29, 0.717) is 25.9 Å². The number of carbonyl (C=O) groups is 2. The molecule has 0 rings (SSSR count). The van der Waals surface area contributed by atoms with Crippen LogP contribution in [0.3, 0.4) is 0 Å². The third-order valence-corrected chi connectivity index (χ3v) is 16.8. The van der Waals surface area contributed by atoms with Crippen LogP contribution in [-0.4, -0.2) is 47.4 Å². The minimum Gasteiger partial charge on any atom is -0.466 e. The molecule has 6 heteroatoms. The summed E-state index contributed by atoms with van der Waals surface area (Å²) in [6.07, 6.45) is 82.9. The molecule has 0 aliphatic heterocycles. The smallest absolute Gasteiger partial charge is 0.305 e. The van der Waals surface area contributed by atoms with Crippen LogP contribution in [0.5, 0.6) is 0 Å². The molecular formula is C71H139NO5. The van der Waals surface area contributed by atoms with Crippen molar-refractivity contribution in [1.82, 2.24) is 5.32 Å². The monoisotopic (exact) mass is 1090 g/mol. The quantitative estimate of drug-likeness (QED) is 0.0320. The summed E-state index contributed by atoms with van der Waals surface area (Å²) < 4.78 is 5.51. The number of nitrogens with one attached hydrogen (secondary N) is 1. The van der Waals surface area contributed by atoms with Gasteiger partial charge < -0.3 is 20.3 Å². The zero-order valence-corrected chi connectivity index (χ0v) is 52.5. The van der Waals surface area contributed by atoms with Crippen molar-refractivity contribution in [2.24, 2.45) is 0 Å². The van der Waals surface area contributed by atoms with Gasteiger partial charge in [-0.3, -0.25) is 9.59 Å². The standard InChI is InChI=1S/C71H139NO5/c1-3-5-7-9-11-13-14-15-16-17-36-39-42-45-49-53-57-61-65-71(76)77-66-62-58-54-50-46-43-40-37-34-32-30-28-26-24-22-20-18-19-21-23-25-27-29-31-33-35-38-41-44-48-52-56-60-64-70(75)72-68(67-73)69(74)63-59-55-51-47-12-10-8-6-4-2/h22,24,68-69,73-74H,3-21,23,25-67H2,1-2H3,(H,72,75)/b24-22-. The Hall–Kier alpha value is -1.40. The number of carbonyl (C=O) groups excluding carboxylic acids is 2. The molecule has 0 radical (unpaired) electrons. The predicted octanol–water partition coefficient (Wildman–Crippen LogP) is 22.8. The number of hydrogen-bond acceptors (Lipinski definition) is 5. The Bertz CT molecular complexity index is 1160. The highest BCUT2D eigenvalue weighted by Crippen LogP contribution is 2.19. The van der Waals surface area contributed by atoms with Crippen molar-refractivity contribution in [2.45, 2.75) is 418 Å². The number of unbranched alkanes of at least 4 members (excludes halogenated alkanes) is 54. The van der Waals surface area contributed by atoms with E-state index in [-0.39, 0.29) is 18.5 Å². The first-order valence-electron chi connectivity index (χ1n) is 35.4. The number of allylic oxidation sites excluding steroid dienone is 2. The van der Waals surface area contributed by atoms with Gasteiger partial charge in [0.1, 0.15) is 0 Å². The van der Waals surface area contributed by atoms with Crippen molar-refractivity contribution < 1.29 is 24.5 Å². The Morgan fingerprint density at radius 1 is 0.351 bits per heavy atom. The molecule has 0 fully saturated rings. The van der Waals surface area contributed by atoms with Crippen LogP contribution >= 0.6 is 0 Å². The molecule has 0 aliphatic rings. The zero-order chi connectivity index (χ0) is 55.7. The number of aliphatic hydroxyl groups excluding tert-OH is 2. The van der Waals surface area contributed by atoms with Gasteiger partial charge >= 0.3 is 5.97 Å². The predicted molar refractivity (Wildman–Crippen MR) is 338 cm³/mol. The lowest BCUT2D eigenvalue weighted by atomic mass is 10.0. The Morgan fingerprint density at radius 2 is 0.610 bits per heavy atom. The SMILES string of the molecule is CCCCCCCCCCCCCCCCCCCCC(=O)OCCCCCCCCCCCCCC/C=C\CCCCCCCCCCCCCCCCCCCC(=O)NC(CO)C(O)CCCCCCCCCCC. The average molecular weight is 1090 g/mol. The summed E-state index contributed by atoms with van der Waals surface area (Å²) >= 11 is 0. The second-order valence-electron chi connectivity index (χ2n) is 24.6. The molecular weight excluding hydrogens is 947 g/mol. The lowest BCUT2D eigenvalue weighted by molar-refractivity contribution is -0.143. The first-order valence-corrected chi connectivity index (χ1v) is 35.4. The molecule has 0 saturated heterocycles. The molecule has 0 heterocycles. The van der Waals surface area contributed by atoms with Gasteiger partial charge in [-0.15, -0.1) is 0 Å². The van der Waals surface area contributed by atoms with Gasteiger partial charge in [-0.25, -0.2) is 0 Å². The Kier molecular flexibility index (Phi) is 65.9. The minimum absolute atomic E-state index is 0.0239. The van der Waals surface area contributed by atoms with Crippen molar-refractivity contribution in [3.8, 4) is 0 Å². The Balaban J connectivity index is 3.29. The molecule has 1 amide bonds. The molecule has 0 saturated carbocycles. The highest BCUT2D eigenvalue weighted by molar-refractivity contribution is 5.76. The fourth-order valence-corrected chi connectivity index (χ4v) is 11.4. The average Bonchev–Trinajstić information content (AvgIpc) is 3.43. The van der Waals surface area contributed by atoms with Crippen LogP contribution in [0.15, 0.2) is 12.2 Å². The van der Waals surface area contributed by atoms with Crippen molar-refractivity contribution in [1.29, 1.82) is 0 Å². The summed E-state index contributed by atoms with van der Waals surface area (Å²) in [6, 6.07) is -0.536. The molecule has 0 bridgehead atoms. The molecule has 0 aromatic carbocycles. The van der Waals surface area contributed by atoms with E-state index in [4.69, 9.17) is 4.74 Å².